The van der Waals surface area contributed by atoms with Crippen LogP contribution in [-0.4, -0.2) is 25.1 Å². The van der Waals surface area contributed by atoms with Gasteiger partial charge < -0.3 is 5.32 Å². The van der Waals surface area contributed by atoms with Gasteiger partial charge in [0, 0.05) is 17.4 Å². The fourth-order valence-electron chi connectivity index (χ4n) is 3.26. The normalized spacial score (nSPS) is 11.2. The van der Waals surface area contributed by atoms with Crippen molar-refractivity contribution in [1.29, 1.82) is 0 Å². The van der Waals surface area contributed by atoms with Crippen molar-refractivity contribution in [3.05, 3.63) is 82.9 Å². The van der Waals surface area contributed by atoms with Crippen LogP contribution in [0, 0.1) is 6.92 Å². The van der Waals surface area contributed by atoms with Gasteiger partial charge in [-0.15, -0.1) is 16.4 Å². The first kappa shape index (κ1) is 18.3. The number of aromatic nitrogens is 4. The zero-order valence-electron chi connectivity index (χ0n) is 16.1. The lowest BCUT2D eigenvalue weighted by molar-refractivity contribution is -0.117. The highest BCUT2D eigenvalue weighted by molar-refractivity contribution is 7.21. The molecule has 8 heteroatoms. The van der Waals surface area contributed by atoms with E-state index in [9.17, 15) is 9.59 Å². The van der Waals surface area contributed by atoms with Crippen LogP contribution in [0.15, 0.2) is 71.7 Å². The van der Waals surface area contributed by atoms with E-state index in [0.717, 1.165) is 25.5 Å². The van der Waals surface area contributed by atoms with Crippen molar-refractivity contribution >= 4 is 38.8 Å². The molecular weight excluding hydrogens is 398 g/mol. The van der Waals surface area contributed by atoms with Gasteiger partial charge in [0.25, 0.3) is 0 Å². The monoisotopic (exact) mass is 415 g/mol. The van der Waals surface area contributed by atoms with Gasteiger partial charge in [-0.05, 0) is 61.0 Å². The van der Waals surface area contributed by atoms with Crippen LogP contribution in [0.2, 0.25) is 0 Å². The molecule has 0 saturated heterocycles. The summed E-state index contributed by atoms with van der Waals surface area (Å²) in [6.45, 7) is 1.91. The number of hydrogen-bond acceptors (Lipinski definition) is 5. The molecule has 3 heterocycles. The first-order valence-electron chi connectivity index (χ1n) is 9.38. The summed E-state index contributed by atoms with van der Waals surface area (Å²) in [6.07, 6.45) is 1.63. The number of nitrogens with one attached hydrogen (secondary N) is 1. The highest BCUT2D eigenvalue weighted by Gasteiger charge is 2.11. The second-order valence-corrected chi connectivity index (χ2v) is 8.02. The largest absolute Gasteiger partial charge is 0.350 e. The minimum atomic E-state index is -0.345. The molecule has 1 N–H and O–H groups in total. The van der Waals surface area contributed by atoms with Crippen molar-refractivity contribution < 1.29 is 4.79 Å². The molecule has 3 aromatic heterocycles. The predicted octanol–water partition coefficient (Wildman–Crippen LogP) is 3.72. The Labute approximate surface area is 175 Å². The Morgan fingerprint density at radius 1 is 1.10 bits per heavy atom. The molecular formula is C22H17N5O2S. The van der Waals surface area contributed by atoms with E-state index in [4.69, 9.17) is 0 Å². The molecule has 0 bridgehead atoms. The van der Waals surface area contributed by atoms with E-state index in [2.05, 4.69) is 34.5 Å². The number of nitrogens with zero attached hydrogens (tertiary/aromatic N) is 4. The third-order valence-corrected chi connectivity index (χ3v) is 5.81. The summed E-state index contributed by atoms with van der Waals surface area (Å²) in [4.78, 5) is 29.4. The number of rotatable bonds is 4. The minimum Gasteiger partial charge on any atom is -0.324 e. The summed E-state index contributed by atoms with van der Waals surface area (Å²) in [7, 11) is 0. The van der Waals surface area contributed by atoms with E-state index in [1.165, 1.54) is 9.96 Å². The molecule has 148 valence electrons. The number of anilines is 1. The highest BCUT2D eigenvalue weighted by Crippen LogP contribution is 2.31. The van der Waals surface area contributed by atoms with Gasteiger partial charge in [0.05, 0.1) is 10.2 Å². The predicted molar refractivity (Wildman–Crippen MR) is 118 cm³/mol. The lowest BCUT2D eigenvalue weighted by Gasteiger charge is -2.05. The van der Waals surface area contributed by atoms with Crippen molar-refractivity contribution in [3.63, 3.8) is 0 Å². The summed E-state index contributed by atoms with van der Waals surface area (Å²) in [5, 5.41) is 7.92. The van der Waals surface area contributed by atoms with Crippen LogP contribution in [0.1, 0.15) is 5.56 Å². The van der Waals surface area contributed by atoms with Gasteiger partial charge >= 0.3 is 5.69 Å². The molecule has 5 aromatic rings. The average Bonchev–Trinajstić information content (AvgIpc) is 3.29. The molecule has 0 aliphatic heterocycles. The third-order valence-electron chi connectivity index (χ3n) is 4.74. The quantitative estimate of drug-likeness (QED) is 0.485. The molecule has 0 radical (unpaired) electrons. The fraction of sp³-hybridized carbons (Fsp3) is 0.0909. The lowest BCUT2D eigenvalue weighted by atomic mass is 10.2. The maximum absolute atomic E-state index is 12.4. The number of fused-ring (bicyclic) bond motifs is 2. The van der Waals surface area contributed by atoms with Gasteiger partial charge in [-0.3, -0.25) is 9.20 Å². The van der Waals surface area contributed by atoms with Crippen LogP contribution >= 0.6 is 11.3 Å². The summed E-state index contributed by atoms with van der Waals surface area (Å²) in [5.74, 6) is -0.316. The molecule has 2 aromatic carbocycles. The van der Waals surface area contributed by atoms with Gasteiger partial charge in [-0.25, -0.2) is 14.5 Å². The number of amides is 1. The van der Waals surface area contributed by atoms with Crippen LogP contribution in [0.25, 0.3) is 26.4 Å². The van der Waals surface area contributed by atoms with Crippen molar-refractivity contribution in [2.75, 3.05) is 5.32 Å². The second-order valence-electron chi connectivity index (χ2n) is 6.98. The summed E-state index contributed by atoms with van der Waals surface area (Å²) < 4.78 is 3.71. The number of pyridine rings is 1. The molecule has 5 rings (SSSR count). The first-order chi connectivity index (χ1) is 14.6. The summed E-state index contributed by atoms with van der Waals surface area (Å²) in [5.41, 5.74) is 3.99. The van der Waals surface area contributed by atoms with Crippen molar-refractivity contribution in [2.45, 2.75) is 13.5 Å². The zero-order chi connectivity index (χ0) is 20.7. The Bertz CT molecular complexity index is 1450. The molecule has 0 saturated carbocycles. The van der Waals surface area contributed by atoms with Gasteiger partial charge in [-0.1, -0.05) is 12.1 Å². The minimum absolute atomic E-state index is 0.153. The summed E-state index contributed by atoms with van der Waals surface area (Å²) in [6, 6.07) is 19.0. The number of hydrogen-bond donors (Lipinski definition) is 1. The average molecular weight is 415 g/mol. The van der Waals surface area contributed by atoms with Crippen LogP contribution in [-0.2, 0) is 11.3 Å². The molecule has 0 unspecified atom stereocenters. The topological polar surface area (TPSA) is 81.3 Å². The molecule has 0 atom stereocenters. The number of benzene rings is 2. The van der Waals surface area contributed by atoms with Crippen LogP contribution in [0.3, 0.4) is 0 Å². The van der Waals surface area contributed by atoms with Crippen LogP contribution in [0.5, 0.6) is 0 Å². The maximum Gasteiger partial charge on any atom is 0.350 e. The molecule has 0 fully saturated rings. The fourth-order valence-corrected chi connectivity index (χ4v) is 4.33. The summed E-state index contributed by atoms with van der Waals surface area (Å²) >= 11 is 1.64. The lowest BCUT2D eigenvalue weighted by Crippen LogP contribution is -2.28. The first-order valence-corrected chi connectivity index (χ1v) is 10.2. The Balaban J connectivity index is 1.32. The van der Waals surface area contributed by atoms with E-state index in [0.29, 0.717) is 11.3 Å². The van der Waals surface area contributed by atoms with E-state index in [-0.39, 0.29) is 18.1 Å². The van der Waals surface area contributed by atoms with Crippen molar-refractivity contribution in [2.24, 2.45) is 0 Å². The van der Waals surface area contributed by atoms with Crippen molar-refractivity contribution in [1.82, 2.24) is 19.2 Å². The van der Waals surface area contributed by atoms with Crippen LogP contribution in [0.4, 0.5) is 5.69 Å². The van der Waals surface area contributed by atoms with Crippen molar-refractivity contribution in [3.8, 4) is 10.6 Å². The van der Waals surface area contributed by atoms with E-state index in [1.54, 1.807) is 35.7 Å². The number of carbonyl (C=O) groups excluding carboxylic acids is 1. The smallest absolute Gasteiger partial charge is 0.324 e. The Kier molecular flexibility index (Phi) is 4.40. The number of thiazole rings is 1. The third kappa shape index (κ3) is 3.37. The van der Waals surface area contributed by atoms with E-state index < -0.39 is 0 Å². The molecule has 7 nitrogen and oxygen atoms in total. The molecule has 0 aliphatic carbocycles. The van der Waals surface area contributed by atoms with E-state index >= 15 is 0 Å². The van der Waals surface area contributed by atoms with Gasteiger partial charge in [0.1, 0.15) is 11.6 Å². The SMILES string of the molecule is Cc1ccc2nc(-c3ccc(NC(=O)Cn4nc5ccccn5c4=O)cc3)sc2c1. The Hall–Kier alpha value is -3.78. The van der Waals surface area contributed by atoms with E-state index in [1.807, 2.05) is 30.3 Å². The van der Waals surface area contributed by atoms with Gasteiger partial charge in [-0.2, -0.15) is 0 Å². The van der Waals surface area contributed by atoms with Gasteiger partial charge in [0.2, 0.25) is 5.91 Å². The number of aryl methyl sites for hydroxylation is 1. The molecule has 0 spiro atoms. The van der Waals surface area contributed by atoms with Crippen LogP contribution < -0.4 is 11.0 Å². The number of carbonyl (C=O) groups is 1. The molecule has 1 amide bonds. The Morgan fingerprint density at radius 3 is 2.73 bits per heavy atom. The zero-order valence-corrected chi connectivity index (χ0v) is 16.9. The standard InChI is InChI=1S/C22H17N5O2S/c1-14-5-10-17-18(12-14)30-21(24-17)15-6-8-16(9-7-15)23-20(28)13-27-22(29)26-11-3-2-4-19(26)25-27/h2-12H,13H2,1H3,(H,23,28). The maximum atomic E-state index is 12.4. The second kappa shape index (κ2) is 7.23. The van der Waals surface area contributed by atoms with Gasteiger partial charge in [0.15, 0.2) is 5.65 Å². The highest BCUT2D eigenvalue weighted by atomic mass is 32.1. The Morgan fingerprint density at radius 2 is 1.93 bits per heavy atom. The molecule has 30 heavy (non-hydrogen) atoms. The molecule has 0 aliphatic rings.